The van der Waals surface area contributed by atoms with Crippen molar-refractivity contribution >= 4 is 51.8 Å². The molecule has 1 aromatic carbocycles. The molecule has 2 N–H and O–H groups in total. The van der Waals surface area contributed by atoms with E-state index in [0.717, 1.165) is 18.2 Å². The fraction of sp³-hybridized carbons (Fsp3) is 0.387. The van der Waals surface area contributed by atoms with Crippen molar-refractivity contribution in [1.29, 1.82) is 0 Å². The first-order chi connectivity index (χ1) is 22.6. The van der Waals surface area contributed by atoms with Gasteiger partial charge < -0.3 is 29.7 Å². The van der Waals surface area contributed by atoms with Gasteiger partial charge in [0, 0.05) is 45.5 Å². The highest BCUT2D eigenvalue weighted by atomic mass is 35.5. The van der Waals surface area contributed by atoms with Gasteiger partial charge in [0.25, 0.3) is 5.91 Å². The number of rotatable bonds is 7. The number of nitrogens with one attached hydrogen (secondary N) is 1. The quantitative estimate of drug-likeness (QED) is 0.293. The summed E-state index contributed by atoms with van der Waals surface area (Å²) in [6, 6.07) is 2.24. The molecule has 5 rings (SSSR count). The van der Waals surface area contributed by atoms with Crippen LogP contribution in [0.3, 0.4) is 0 Å². The number of piperazine rings is 1. The SMILES string of the molecule is CCc1c(N2CCN(C(=O)c3ncnc(C)c3O)CC2C)c(=O)c2nc(N(C)C)cnc2n1CC(=O)Nc1ccc(C(F)(F)F)cc1Cl. The molecule has 48 heavy (non-hydrogen) atoms. The summed E-state index contributed by atoms with van der Waals surface area (Å²) in [5.41, 5.74) is -0.295. The average Bonchev–Trinajstić information content (AvgIpc) is 3.03. The number of anilines is 3. The van der Waals surface area contributed by atoms with Crippen molar-refractivity contribution in [2.45, 2.75) is 46.0 Å². The second kappa shape index (κ2) is 13.3. The molecule has 0 bridgehead atoms. The van der Waals surface area contributed by atoms with Crippen LogP contribution in [0.5, 0.6) is 5.75 Å². The number of aryl methyl sites for hydroxylation is 1. The molecule has 0 saturated carbocycles. The van der Waals surface area contributed by atoms with E-state index in [1.165, 1.54) is 12.5 Å². The number of nitrogens with zero attached hydrogens (tertiary/aromatic N) is 8. The predicted octanol–water partition coefficient (Wildman–Crippen LogP) is 3.89. The predicted molar refractivity (Wildman–Crippen MR) is 174 cm³/mol. The number of benzene rings is 1. The molecule has 4 heterocycles. The lowest BCUT2D eigenvalue weighted by Crippen LogP contribution is -2.55. The van der Waals surface area contributed by atoms with Gasteiger partial charge in [-0.1, -0.05) is 18.5 Å². The van der Waals surface area contributed by atoms with Crippen LogP contribution in [0.1, 0.15) is 41.3 Å². The van der Waals surface area contributed by atoms with Crippen LogP contribution >= 0.6 is 11.6 Å². The third-order valence-corrected chi connectivity index (χ3v) is 8.41. The molecule has 13 nitrogen and oxygen atoms in total. The monoisotopic (exact) mass is 687 g/mol. The van der Waals surface area contributed by atoms with E-state index in [1.807, 2.05) is 18.7 Å². The second-order valence-corrected chi connectivity index (χ2v) is 12.0. The van der Waals surface area contributed by atoms with Gasteiger partial charge in [0.15, 0.2) is 22.6 Å². The Morgan fingerprint density at radius 2 is 1.90 bits per heavy atom. The van der Waals surface area contributed by atoms with E-state index in [1.54, 1.807) is 35.4 Å². The van der Waals surface area contributed by atoms with E-state index in [4.69, 9.17) is 11.6 Å². The molecule has 3 aromatic heterocycles. The second-order valence-electron chi connectivity index (χ2n) is 11.5. The summed E-state index contributed by atoms with van der Waals surface area (Å²) in [6.45, 7) is 5.49. The van der Waals surface area contributed by atoms with Gasteiger partial charge in [-0.25, -0.2) is 19.9 Å². The van der Waals surface area contributed by atoms with Crippen molar-refractivity contribution in [3.8, 4) is 5.75 Å². The fourth-order valence-electron chi connectivity index (χ4n) is 5.64. The lowest BCUT2D eigenvalue weighted by Gasteiger charge is -2.41. The standard InChI is InChI=1S/C31H33ClF3N9O4/c1-6-21-26(43-10-9-42(13-16(43)2)30(48)25-27(46)17(3)37-15-38-25)28(47)24-29(36-12-22(40-24)41(4)5)44(21)14-23(45)39-20-8-7-18(11-19(20)32)31(33,34)35/h7-8,11-12,15-16,46H,6,9-10,13-14H2,1-5H3,(H,39,45). The molecule has 17 heteroatoms. The largest absolute Gasteiger partial charge is 0.504 e. The Morgan fingerprint density at radius 3 is 2.52 bits per heavy atom. The molecule has 0 aliphatic carbocycles. The van der Waals surface area contributed by atoms with Gasteiger partial charge in [0.05, 0.1) is 28.2 Å². The molecule has 0 radical (unpaired) electrons. The summed E-state index contributed by atoms with van der Waals surface area (Å²) in [7, 11) is 3.48. The summed E-state index contributed by atoms with van der Waals surface area (Å²) in [6.07, 6.45) is -1.63. The smallest absolute Gasteiger partial charge is 0.416 e. The zero-order chi connectivity index (χ0) is 35.1. The molecular weight excluding hydrogens is 655 g/mol. The maximum Gasteiger partial charge on any atom is 0.416 e. The van der Waals surface area contributed by atoms with Crippen molar-refractivity contribution in [2.24, 2.45) is 0 Å². The number of amides is 2. The Labute approximate surface area is 278 Å². The topological polar surface area (TPSA) is 150 Å². The van der Waals surface area contributed by atoms with Gasteiger partial charge in [0.2, 0.25) is 11.3 Å². The van der Waals surface area contributed by atoms with Gasteiger partial charge in [-0.3, -0.25) is 14.4 Å². The number of halogens is 4. The van der Waals surface area contributed by atoms with Gasteiger partial charge in [-0.05, 0) is 38.5 Å². The molecule has 1 aliphatic heterocycles. The number of pyridine rings is 1. The van der Waals surface area contributed by atoms with Crippen LogP contribution in [0.15, 0.2) is 35.5 Å². The van der Waals surface area contributed by atoms with Crippen molar-refractivity contribution in [3.63, 3.8) is 0 Å². The normalized spacial score (nSPS) is 15.1. The lowest BCUT2D eigenvalue weighted by atomic mass is 10.1. The molecule has 254 valence electrons. The number of aromatic hydroxyl groups is 1. The highest BCUT2D eigenvalue weighted by Gasteiger charge is 2.34. The third kappa shape index (κ3) is 6.56. The molecule has 1 fully saturated rings. The van der Waals surface area contributed by atoms with Crippen LogP contribution in [0.2, 0.25) is 5.02 Å². The van der Waals surface area contributed by atoms with Crippen LogP contribution in [0.25, 0.3) is 11.2 Å². The van der Waals surface area contributed by atoms with Crippen molar-refractivity contribution in [1.82, 2.24) is 29.4 Å². The molecule has 2 amide bonds. The maximum atomic E-state index is 14.2. The van der Waals surface area contributed by atoms with Crippen LogP contribution in [-0.2, 0) is 23.9 Å². The van der Waals surface area contributed by atoms with Crippen molar-refractivity contribution in [3.05, 3.63) is 68.6 Å². The van der Waals surface area contributed by atoms with Crippen LogP contribution in [0.4, 0.5) is 30.4 Å². The Bertz CT molecular complexity index is 1970. The number of aromatic nitrogens is 5. The van der Waals surface area contributed by atoms with Gasteiger partial charge in [-0.2, -0.15) is 13.2 Å². The van der Waals surface area contributed by atoms with Crippen LogP contribution in [0, 0.1) is 6.92 Å². The minimum atomic E-state index is -4.61. The summed E-state index contributed by atoms with van der Waals surface area (Å²) >= 11 is 6.09. The van der Waals surface area contributed by atoms with E-state index < -0.39 is 29.0 Å². The minimum absolute atomic E-state index is 0.0147. The van der Waals surface area contributed by atoms with Crippen LogP contribution < -0.4 is 20.5 Å². The minimum Gasteiger partial charge on any atom is -0.504 e. The Morgan fingerprint density at radius 1 is 1.17 bits per heavy atom. The summed E-state index contributed by atoms with van der Waals surface area (Å²) < 4.78 is 41.0. The highest BCUT2D eigenvalue weighted by molar-refractivity contribution is 6.33. The molecule has 1 aliphatic rings. The number of hydrogen-bond acceptors (Lipinski definition) is 10. The first-order valence-electron chi connectivity index (χ1n) is 14.9. The fourth-order valence-corrected chi connectivity index (χ4v) is 5.86. The number of fused-ring (bicyclic) bond motifs is 1. The highest BCUT2D eigenvalue weighted by Crippen LogP contribution is 2.34. The number of alkyl halides is 3. The van der Waals surface area contributed by atoms with Crippen molar-refractivity contribution < 1.29 is 27.9 Å². The zero-order valence-electron chi connectivity index (χ0n) is 26.8. The number of hydrogen-bond donors (Lipinski definition) is 2. The lowest BCUT2D eigenvalue weighted by molar-refractivity contribution is -0.137. The Kier molecular flexibility index (Phi) is 9.48. The molecule has 1 atom stereocenters. The van der Waals surface area contributed by atoms with Gasteiger partial charge >= 0.3 is 6.18 Å². The Balaban J connectivity index is 1.53. The molecule has 0 spiro atoms. The molecule has 1 saturated heterocycles. The van der Waals surface area contributed by atoms with E-state index in [0.29, 0.717) is 17.9 Å². The summed E-state index contributed by atoms with van der Waals surface area (Å²) in [4.78, 5) is 63.0. The van der Waals surface area contributed by atoms with E-state index >= 15 is 0 Å². The summed E-state index contributed by atoms with van der Waals surface area (Å²) in [5.74, 6) is -0.986. The van der Waals surface area contributed by atoms with E-state index in [2.05, 4.69) is 25.3 Å². The third-order valence-electron chi connectivity index (χ3n) is 8.10. The maximum absolute atomic E-state index is 14.2. The van der Waals surface area contributed by atoms with E-state index in [9.17, 15) is 32.7 Å². The van der Waals surface area contributed by atoms with E-state index in [-0.39, 0.29) is 76.9 Å². The Hall–Kier alpha value is -4.99. The average molecular weight is 688 g/mol. The van der Waals surface area contributed by atoms with Gasteiger partial charge in [-0.15, -0.1) is 0 Å². The van der Waals surface area contributed by atoms with Crippen LogP contribution in [-0.4, -0.2) is 86.1 Å². The number of carbonyl (C=O) groups excluding carboxylic acids is 2. The molecular formula is C31H33ClF3N9O4. The summed E-state index contributed by atoms with van der Waals surface area (Å²) in [5, 5.41) is 12.7. The first-order valence-corrected chi connectivity index (χ1v) is 15.3. The van der Waals surface area contributed by atoms with Crippen molar-refractivity contribution in [2.75, 3.05) is 48.8 Å². The molecule has 1 unspecified atom stereocenters. The van der Waals surface area contributed by atoms with Gasteiger partial charge in [0.1, 0.15) is 24.4 Å². The zero-order valence-corrected chi connectivity index (χ0v) is 27.5. The number of carbonyl (C=O) groups is 2. The first kappa shape index (κ1) is 34.3. The molecule has 4 aromatic rings.